The Hall–Kier alpha value is -1.23. The first-order chi connectivity index (χ1) is 9.86. The Kier molecular flexibility index (Phi) is 4.45. The standard InChI is InChI=1S/C16H21N3S/c1-13-6-12-20-16(13)15(14-5-2-3-8-18-14)19-10-4-7-17-9-11-19/h2-3,5-6,8,12,15,17H,4,7,9-11H2,1H3. The molecule has 106 valence electrons. The van der Waals surface area contributed by atoms with Crippen LogP contribution in [0.4, 0.5) is 0 Å². The number of thiophene rings is 1. The third-order valence-corrected chi connectivity index (χ3v) is 4.93. The maximum atomic E-state index is 4.63. The van der Waals surface area contributed by atoms with Crippen LogP contribution in [0, 0.1) is 6.92 Å². The molecule has 1 fully saturated rings. The van der Waals surface area contributed by atoms with Crippen molar-refractivity contribution in [1.82, 2.24) is 15.2 Å². The molecular formula is C16H21N3S. The first-order valence-electron chi connectivity index (χ1n) is 7.26. The summed E-state index contributed by atoms with van der Waals surface area (Å²) < 4.78 is 0. The van der Waals surface area contributed by atoms with Gasteiger partial charge in [0.2, 0.25) is 0 Å². The molecule has 3 rings (SSSR count). The van der Waals surface area contributed by atoms with Gasteiger partial charge in [0.25, 0.3) is 0 Å². The highest BCUT2D eigenvalue weighted by Crippen LogP contribution is 2.33. The number of pyridine rings is 1. The molecule has 1 atom stereocenters. The van der Waals surface area contributed by atoms with Gasteiger partial charge in [-0.3, -0.25) is 9.88 Å². The normalized spacial score (nSPS) is 18.6. The van der Waals surface area contributed by atoms with Crippen LogP contribution in [0.2, 0.25) is 0 Å². The summed E-state index contributed by atoms with van der Waals surface area (Å²) in [5.41, 5.74) is 2.54. The topological polar surface area (TPSA) is 28.2 Å². The number of aryl methyl sites for hydroxylation is 1. The maximum absolute atomic E-state index is 4.63. The van der Waals surface area contributed by atoms with E-state index in [4.69, 9.17) is 0 Å². The largest absolute Gasteiger partial charge is 0.315 e. The van der Waals surface area contributed by atoms with Gasteiger partial charge in [-0.25, -0.2) is 0 Å². The zero-order chi connectivity index (χ0) is 13.8. The maximum Gasteiger partial charge on any atom is 0.0873 e. The van der Waals surface area contributed by atoms with E-state index >= 15 is 0 Å². The van der Waals surface area contributed by atoms with Crippen LogP contribution in [0.3, 0.4) is 0 Å². The minimum Gasteiger partial charge on any atom is -0.315 e. The molecule has 0 aromatic carbocycles. The van der Waals surface area contributed by atoms with Crippen molar-refractivity contribution in [2.45, 2.75) is 19.4 Å². The molecular weight excluding hydrogens is 266 g/mol. The smallest absolute Gasteiger partial charge is 0.0873 e. The molecule has 1 aliphatic rings. The van der Waals surface area contributed by atoms with E-state index in [9.17, 15) is 0 Å². The van der Waals surface area contributed by atoms with Crippen molar-refractivity contribution in [2.24, 2.45) is 0 Å². The Bertz CT molecular complexity index is 530. The van der Waals surface area contributed by atoms with Gasteiger partial charge in [0.1, 0.15) is 0 Å². The van der Waals surface area contributed by atoms with Crippen molar-refractivity contribution in [3.8, 4) is 0 Å². The van der Waals surface area contributed by atoms with E-state index in [1.165, 1.54) is 22.6 Å². The van der Waals surface area contributed by atoms with Gasteiger partial charge in [0.15, 0.2) is 0 Å². The second-order valence-electron chi connectivity index (χ2n) is 5.26. The van der Waals surface area contributed by atoms with Crippen molar-refractivity contribution in [2.75, 3.05) is 26.2 Å². The molecule has 0 saturated carbocycles. The summed E-state index contributed by atoms with van der Waals surface area (Å²) in [5, 5.41) is 5.68. The number of nitrogens with zero attached hydrogens (tertiary/aromatic N) is 2. The number of aromatic nitrogens is 1. The van der Waals surface area contributed by atoms with Gasteiger partial charge in [-0.15, -0.1) is 11.3 Å². The van der Waals surface area contributed by atoms with E-state index in [0.29, 0.717) is 6.04 Å². The van der Waals surface area contributed by atoms with E-state index in [1.807, 2.05) is 23.6 Å². The quantitative estimate of drug-likeness (QED) is 0.941. The Balaban J connectivity index is 1.97. The molecule has 1 saturated heterocycles. The van der Waals surface area contributed by atoms with Crippen molar-refractivity contribution in [3.63, 3.8) is 0 Å². The number of nitrogens with one attached hydrogen (secondary N) is 1. The van der Waals surface area contributed by atoms with Gasteiger partial charge in [0.05, 0.1) is 11.7 Å². The first-order valence-corrected chi connectivity index (χ1v) is 8.14. The summed E-state index contributed by atoms with van der Waals surface area (Å²) in [5.74, 6) is 0. The van der Waals surface area contributed by atoms with Crippen molar-refractivity contribution in [3.05, 3.63) is 52.0 Å². The lowest BCUT2D eigenvalue weighted by atomic mass is 10.1. The summed E-state index contributed by atoms with van der Waals surface area (Å²) in [6.07, 6.45) is 3.11. The fourth-order valence-electron chi connectivity index (χ4n) is 2.81. The zero-order valence-electron chi connectivity index (χ0n) is 11.9. The molecule has 0 aliphatic carbocycles. The van der Waals surface area contributed by atoms with E-state index in [0.717, 1.165) is 26.2 Å². The predicted octanol–water partition coefficient (Wildman–Crippen LogP) is 2.84. The minimum atomic E-state index is 0.302. The van der Waals surface area contributed by atoms with Crippen LogP contribution in [0.5, 0.6) is 0 Å². The second kappa shape index (κ2) is 6.48. The molecule has 1 N–H and O–H groups in total. The number of hydrogen-bond donors (Lipinski definition) is 1. The average molecular weight is 287 g/mol. The summed E-state index contributed by atoms with van der Waals surface area (Å²) in [6.45, 7) is 6.60. The van der Waals surface area contributed by atoms with Crippen LogP contribution in [0.1, 0.15) is 28.6 Å². The van der Waals surface area contributed by atoms with E-state index in [-0.39, 0.29) is 0 Å². The molecule has 0 spiro atoms. The molecule has 20 heavy (non-hydrogen) atoms. The lowest BCUT2D eigenvalue weighted by Crippen LogP contribution is -2.33. The van der Waals surface area contributed by atoms with Gasteiger partial charge in [-0.2, -0.15) is 0 Å². The summed E-state index contributed by atoms with van der Waals surface area (Å²) in [4.78, 5) is 8.63. The highest BCUT2D eigenvalue weighted by Gasteiger charge is 2.26. The lowest BCUT2D eigenvalue weighted by molar-refractivity contribution is 0.239. The summed E-state index contributed by atoms with van der Waals surface area (Å²) in [6, 6.07) is 8.75. The second-order valence-corrected chi connectivity index (χ2v) is 6.21. The molecule has 0 amide bonds. The highest BCUT2D eigenvalue weighted by atomic mass is 32.1. The molecule has 2 aromatic heterocycles. The fraction of sp³-hybridized carbons (Fsp3) is 0.438. The fourth-order valence-corrected chi connectivity index (χ4v) is 3.89. The van der Waals surface area contributed by atoms with Crippen LogP contribution in [-0.4, -0.2) is 36.1 Å². The molecule has 3 heterocycles. The van der Waals surface area contributed by atoms with Crippen LogP contribution >= 0.6 is 11.3 Å². The third kappa shape index (κ3) is 2.92. The lowest BCUT2D eigenvalue weighted by Gasteiger charge is -2.30. The first kappa shape index (κ1) is 13.7. The van der Waals surface area contributed by atoms with Gasteiger partial charge >= 0.3 is 0 Å². The zero-order valence-corrected chi connectivity index (χ0v) is 12.7. The van der Waals surface area contributed by atoms with Gasteiger partial charge in [0, 0.05) is 30.7 Å². The predicted molar refractivity (Wildman–Crippen MR) is 84.2 cm³/mol. The molecule has 0 radical (unpaired) electrons. The van der Waals surface area contributed by atoms with E-state index in [2.05, 4.69) is 45.7 Å². The van der Waals surface area contributed by atoms with Crippen LogP contribution < -0.4 is 5.32 Å². The Labute approximate surface area is 124 Å². The summed E-state index contributed by atoms with van der Waals surface area (Å²) >= 11 is 1.85. The van der Waals surface area contributed by atoms with Crippen molar-refractivity contribution >= 4 is 11.3 Å². The summed E-state index contributed by atoms with van der Waals surface area (Å²) in [7, 11) is 0. The SMILES string of the molecule is Cc1ccsc1C(c1ccccn1)N1CCCNCC1. The van der Waals surface area contributed by atoms with Gasteiger partial charge in [-0.1, -0.05) is 6.07 Å². The third-order valence-electron chi connectivity index (χ3n) is 3.86. The van der Waals surface area contributed by atoms with Crippen molar-refractivity contribution < 1.29 is 0 Å². The molecule has 1 aliphatic heterocycles. The highest BCUT2D eigenvalue weighted by molar-refractivity contribution is 7.10. The van der Waals surface area contributed by atoms with Crippen LogP contribution in [0.15, 0.2) is 35.8 Å². The number of hydrogen-bond acceptors (Lipinski definition) is 4. The van der Waals surface area contributed by atoms with Crippen LogP contribution in [0.25, 0.3) is 0 Å². The Morgan fingerprint density at radius 1 is 1.25 bits per heavy atom. The average Bonchev–Trinajstić information content (AvgIpc) is 2.75. The molecule has 0 bridgehead atoms. The van der Waals surface area contributed by atoms with E-state index in [1.54, 1.807) is 0 Å². The van der Waals surface area contributed by atoms with E-state index < -0.39 is 0 Å². The molecule has 1 unspecified atom stereocenters. The molecule has 3 nitrogen and oxygen atoms in total. The minimum absolute atomic E-state index is 0.302. The van der Waals surface area contributed by atoms with Gasteiger partial charge in [-0.05, 0) is 49.0 Å². The molecule has 2 aromatic rings. The molecule has 4 heteroatoms. The Morgan fingerprint density at radius 2 is 2.20 bits per heavy atom. The Morgan fingerprint density at radius 3 is 2.95 bits per heavy atom. The monoisotopic (exact) mass is 287 g/mol. The van der Waals surface area contributed by atoms with Crippen LogP contribution in [-0.2, 0) is 0 Å². The van der Waals surface area contributed by atoms with Crippen molar-refractivity contribution in [1.29, 1.82) is 0 Å². The van der Waals surface area contributed by atoms with Gasteiger partial charge < -0.3 is 5.32 Å². The number of rotatable bonds is 3.